The largest absolute Gasteiger partial charge is 0.493 e. The minimum absolute atomic E-state index is 0.0180. The van der Waals surface area contributed by atoms with Crippen LogP contribution in [0.5, 0.6) is 11.5 Å². The molecule has 1 aliphatic rings. The van der Waals surface area contributed by atoms with Crippen molar-refractivity contribution in [1.82, 2.24) is 0 Å². The molecule has 1 aliphatic heterocycles. The quantitative estimate of drug-likeness (QED) is 0.805. The van der Waals surface area contributed by atoms with Crippen LogP contribution in [0, 0.1) is 11.3 Å². The maximum absolute atomic E-state index is 11.6. The zero-order valence-electron chi connectivity index (χ0n) is 9.52. The third-order valence-electron chi connectivity index (χ3n) is 2.65. The molecule has 0 N–H and O–H groups in total. The molecule has 0 aromatic heterocycles. The lowest BCUT2D eigenvalue weighted by Crippen LogP contribution is -2.11. The van der Waals surface area contributed by atoms with E-state index in [-0.39, 0.29) is 11.5 Å². The lowest BCUT2D eigenvalue weighted by Gasteiger charge is -2.22. The molecule has 17 heavy (non-hydrogen) atoms. The van der Waals surface area contributed by atoms with E-state index in [4.69, 9.17) is 14.7 Å². The van der Waals surface area contributed by atoms with E-state index in [0.29, 0.717) is 16.4 Å². The van der Waals surface area contributed by atoms with Crippen molar-refractivity contribution in [3.63, 3.8) is 0 Å². The van der Waals surface area contributed by atoms with Gasteiger partial charge in [0.25, 0.3) is 0 Å². The number of nitrogens with zero attached hydrogens (tertiary/aromatic N) is 1. The Morgan fingerprint density at radius 1 is 1.41 bits per heavy atom. The lowest BCUT2D eigenvalue weighted by molar-refractivity contribution is -0.111. The number of hydrogen-bond donors (Lipinski definition) is 0. The molecule has 88 valence electrons. The van der Waals surface area contributed by atoms with Crippen LogP contribution in [0.4, 0.5) is 0 Å². The number of fused-ring (bicyclic) bond motifs is 1. The number of benzene rings is 1. The van der Waals surface area contributed by atoms with Crippen molar-refractivity contribution in [1.29, 1.82) is 5.26 Å². The van der Waals surface area contributed by atoms with E-state index in [1.165, 1.54) is 7.11 Å². The van der Waals surface area contributed by atoms with Crippen LogP contribution in [0.25, 0.3) is 0 Å². The molecular formula is C12H11NO3S. The normalized spacial score (nSPS) is 18.2. The van der Waals surface area contributed by atoms with Gasteiger partial charge in [-0.05, 0) is 23.4 Å². The minimum atomic E-state index is -0.390. The Labute approximate surface area is 104 Å². The highest BCUT2D eigenvalue weighted by Crippen LogP contribution is 2.47. The second-order valence-corrected chi connectivity index (χ2v) is 4.65. The first-order chi connectivity index (χ1) is 8.21. The van der Waals surface area contributed by atoms with Gasteiger partial charge in [-0.2, -0.15) is 5.26 Å². The molecule has 0 amide bonds. The molecule has 0 bridgehead atoms. The summed E-state index contributed by atoms with van der Waals surface area (Å²) in [6, 6.07) is 5.73. The van der Waals surface area contributed by atoms with Crippen LogP contribution in [-0.2, 0) is 4.79 Å². The Bertz CT molecular complexity index is 507. The Kier molecular flexibility index (Phi) is 3.25. The molecule has 1 heterocycles. The van der Waals surface area contributed by atoms with E-state index in [9.17, 15) is 4.79 Å². The van der Waals surface area contributed by atoms with Crippen LogP contribution in [0.15, 0.2) is 17.0 Å². The number of rotatable bonds is 2. The zero-order chi connectivity index (χ0) is 12.4. The first-order valence-electron chi connectivity index (χ1n) is 5.06. The standard InChI is InChI=1S/C12H11NO3S/c1-15-9-4-3-8-7(6-13)5-10(14)17-12(8)11(9)16-2/h3-4,7H,5H2,1-2H3. The molecule has 0 saturated carbocycles. The molecule has 1 aromatic carbocycles. The van der Waals surface area contributed by atoms with Crippen LogP contribution >= 0.6 is 11.8 Å². The van der Waals surface area contributed by atoms with E-state index < -0.39 is 5.92 Å². The fourth-order valence-corrected chi connectivity index (χ4v) is 2.92. The molecule has 5 heteroatoms. The maximum atomic E-state index is 11.6. The van der Waals surface area contributed by atoms with Gasteiger partial charge in [-0.3, -0.25) is 4.79 Å². The molecule has 0 aliphatic carbocycles. The molecule has 1 atom stereocenters. The van der Waals surface area contributed by atoms with Gasteiger partial charge >= 0.3 is 0 Å². The third-order valence-corrected chi connectivity index (χ3v) is 3.67. The summed E-state index contributed by atoms with van der Waals surface area (Å²) in [6.07, 6.45) is 0.254. The monoisotopic (exact) mass is 249 g/mol. The Hall–Kier alpha value is -1.67. The van der Waals surface area contributed by atoms with E-state index in [2.05, 4.69) is 6.07 Å². The van der Waals surface area contributed by atoms with Gasteiger partial charge in [0.05, 0.1) is 31.1 Å². The summed E-state index contributed by atoms with van der Waals surface area (Å²) in [4.78, 5) is 12.3. The van der Waals surface area contributed by atoms with Crippen molar-refractivity contribution in [3.05, 3.63) is 17.7 Å². The van der Waals surface area contributed by atoms with Gasteiger partial charge in [0.15, 0.2) is 16.6 Å². The van der Waals surface area contributed by atoms with Crippen molar-refractivity contribution >= 4 is 16.9 Å². The molecule has 0 spiro atoms. The Morgan fingerprint density at radius 2 is 2.18 bits per heavy atom. The number of hydrogen-bond acceptors (Lipinski definition) is 5. The second-order valence-electron chi connectivity index (χ2n) is 3.58. The van der Waals surface area contributed by atoms with E-state index in [1.807, 2.05) is 6.07 Å². The molecule has 2 rings (SSSR count). The number of carbonyl (C=O) groups excluding carboxylic acids is 1. The molecule has 0 radical (unpaired) electrons. The summed E-state index contributed by atoms with van der Waals surface area (Å²) in [5.74, 6) is 0.715. The van der Waals surface area contributed by atoms with Gasteiger partial charge in [0.2, 0.25) is 0 Å². The second kappa shape index (κ2) is 4.68. The molecule has 0 saturated heterocycles. The van der Waals surface area contributed by atoms with E-state index >= 15 is 0 Å². The Morgan fingerprint density at radius 3 is 2.76 bits per heavy atom. The Balaban J connectivity index is 2.61. The highest BCUT2D eigenvalue weighted by atomic mass is 32.2. The summed E-state index contributed by atoms with van der Waals surface area (Å²) in [7, 11) is 3.07. The van der Waals surface area contributed by atoms with Crippen LogP contribution in [0.1, 0.15) is 17.9 Å². The summed E-state index contributed by atoms with van der Waals surface area (Å²) in [5.41, 5.74) is 0.842. The fraction of sp³-hybridized carbons (Fsp3) is 0.333. The average Bonchev–Trinajstić information content (AvgIpc) is 2.36. The number of carbonyl (C=O) groups is 1. The van der Waals surface area contributed by atoms with Gasteiger partial charge in [0.1, 0.15) is 0 Å². The summed E-state index contributed by atoms with van der Waals surface area (Å²) in [5, 5.41) is 9.04. The SMILES string of the molecule is COc1ccc2c(c1OC)SC(=O)CC2C#N. The van der Waals surface area contributed by atoms with Gasteiger partial charge in [-0.25, -0.2) is 0 Å². The van der Waals surface area contributed by atoms with Gasteiger partial charge in [-0.15, -0.1) is 0 Å². The minimum Gasteiger partial charge on any atom is -0.493 e. The number of nitriles is 1. The maximum Gasteiger partial charge on any atom is 0.195 e. The number of thioether (sulfide) groups is 1. The van der Waals surface area contributed by atoms with Gasteiger partial charge in [0, 0.05) is 6.42 Å². The average molecular weight is 249 g/mol. The fourth-order valence-electron chi connectivity index (χ4n) is 1.84. The summed E-state index contributed by atoms with van der Waals surface area (Å²) < 4.78 is 10.4. The first-order valence-corrected chi connectivity index (χ1v) is 5.88. The molecular weight excluding hydrogens is 238 g/mol. The molecule has 0 fully saturated rings. The predicted molar refractivity (Wildman–Crippen MR) is 63.4 cm³/mol. The molecule has 1 unspecified atom stereocenters. The van der Waals surface area contributed by atoms with Crippen molar-refractivity contribution in [3.8, 4) is 17.6 Å². The van der Waals surface area contributed by atoms with Crippen molar-refractivity contribution in [2.75, 3.05) is 14.2 Å². The molecule has 1 aromatic rings. The number of ether oxygens (including phenoxy) is 2. The van der Waals surface area contributed by atoms with Crippen molar-refractivity contribution in [2.45, 2.75) is 17.2 Å². The smallest absolute Gasteiger partial charge is 0.195 e. The van der Waals surface area contributed by atoms with E-state index in [0.717, 1.165) is 17.3 Å². The highest BCUT2D eigenvalue weighted by molar-refractivity contribution is 8.13. The highest BCUT2D eigenvalue weighted by Gasteiger charge is 2.30. The zero-order valence-corrected chi connectivity index (χ0v) is 10.3. The lowest BCUT2D eigenvalue weighted by atomic mass is 9.96. The van der Waals surface area contributed by atoms with Crippen LogP contribution < -0.4 is 9.47 Å². The van der Waals surface area contributed by atoms with Crippen molar-refractivity contribution in [2.24, 2.45) is 0 Å². The van der Waals surface area contributed by atoms with Crippen molar-refractivity contribution < 1.29 is 14.3 Å². The molecule has 4 nitrogen and oxygen atoms in total. The summed E-state index contributed by atoms with van der Waals surface area (Å²) >= 11 is 1.12. The van der Waals surface area contributed by atoms with Crippen LogP contribution in [0.2, 0.25) is 0 Å². The first kappa shape index (κ1) is 11.8. The third kappa shape index (κ3) is 1.96. The van der Waals surface area contributed by atoms with Crippen LogP contribution in [0.3, 0.4) is 0 Å². The van der Waals surface area contributed by atoms with Gasteiger partial charge < -0.3 is 9.47 Å². The number of methoxy groups -OCH3 is 2. The van der Waals surface area contributed by atoms with E-state index in [1.54, 1.807) is 13.2 Å². The topological polar surface area (TPSA) is 59.3 Å². The van der Waals surface area contributed by atoms with Crippen LogP contribution in [-0.4, -0.2) is 19.3 Å². The van der Waals surface area contributed by atoms with Gasteiger partial charge in [-0.1, -0.05) is 6.07 Å². The summed E-state index contributed by atoms with van der Waals surface area (Å²) in [6.45, 7) is 0. The predicted octanol–water partition coefficient (Wildman–Crippen LogP) is 2.33.